The maximum Gasteiger partial charge on any atom is 0.261 e. The predicted molar refractivity (Wildman–Crippen MR) is 126 cm³/mol. The Morgan fingerprint density at radius 2 is 1.82 bits per heavy atom. The number of hydrogen-bond donors (Lipinski definition) is 3. The van der Waals surface area contributed by atoms with Crippen molar-refractivity contribution >= 4 is 28.8 Å². The van der Waals surface area contributed by atoms with Gasteiger partial charge in [0.2, 0.25) is 5.91 Å². The molecule has 9 nitrogen and oxygen atoms in total. The van der Waals surface area contributed by atoms with Crippen molar-refractivity contribution in [2.24, 2.45) is 16.9 Å². The van der Waals surface area contributed by atoms with Gasteiger partial charge in [0.05, 0.1) is 16.9 Å². The maximum atomic E-state index is 13.1. The number of anilines is 2. The highest BCUT2D eigenvalue weighted by Crippen LogP contribution is 2.43. The Hall–Kier alpha value is -3.62. The lowest BCUT2D eigenvalue weighted by Gasteiger charge is -2.39. The third-order valence-corrected chi connectivity index (χ3v) is 6.45. The molecule has 0 atom stereocenters. The van der Waals surface area contributed by atoms with E-state index in [0.717, 1.165) is 23.4 Å². The van der Waals surface area contributed by atoms with E-state index in [9.17, 15) is 9.59 Å². The quantitative estimate of drug-likeness (QED) is 0.594. The van der Waals surface area contributed by atoms with Crippen LogP contribution in [0.3, 0.4) is 0 Å². The maximum absolute atomic E-state index is 13.1. The lowest BCUT2D eigenvalue weighted by molar-refractivity contribution is -0.127. The largest absolute Gasteiger partial charge is 0.487 e. The predicted octanol–water partition coefficient (Wildman–Crippen LogP) is 2.22. The van der Waals surface area contributed by atoms with Crippen LogP contribution in [0.1, 0.15) is 45.0 Å². The van der Waals surface area contributed by atoms with Crippen LogP contribution in [0.4, 0.5) is 11.4 Å². The van der Waals surface area contributed by atoms with E-state index in [-0.39, 0.29) is 22.9 Å². The molecule has 3 heterocycles. The van der Waals surface area contributed by atoms with Crippen molar-refractivity contribution in [2.75, 3.05) is 23.3 Å². The second-order valence-electron chi connectivity index (χ2n) is 9.53. The Morgan fingerprint density at radius 3 is 2.42 bits per heavy atom. The van der Waals surface area contributed by atoms with Gasteiger partial charge in [0, 0.05) is 55.1 Å². The average molecular weight is 451 g/mol. The molecule has 33 heavy (non-hydrogen) atoms. The van der Waals surface area contributed by atoms with Crippen molar-refractivity contribution < 1.29 is 14.3 Å². The molecule has 2 aliphatic heterocycles. The zero-order chi connectivity index (χ0) is 23.8. The number of ether oxygens (including phenoxy) is 1. The van der Waals surface area contributed by atoms with Crippen LogP contribution in [-0.4, -0.2) is 40.5 Å². The molecule has 2 aromatic rings. The zero-order valence-electron chi connectivity index (χ0n) is 19.2. The minimum Gasteiger partial charge on any atom is -0.487 e. The van der Waals surface area contributed by atoms with E-state index in [4.69, 9.17) is 16.2 Å². The van der Waals surface area contributed by atoms with E-state index >= 15 is 0 Å². The SMILES string of the molecule is CC1(C)Cc2cc(NC(=O)C(=CN)c3ncccn3)c(N3CCC(C)(C(N)=O)CC3)cc2O1. The van der Waals surface area contributed by atoms with E-state index in [1.807, 2.05) is 32.9 Å². The first-order valence-corrected chi connectivity index (χ1v) is 11.0. The lowest BCUT2D eigenvalue weighted by Crippen LogP contribution is -2.45. The highest BCUT2D eigenvalue weighted by atomic mass is 16.5. The minimum absolute atomic E-state index is 0.179. The standard InChI is InChI=1S/C24H30N6O3/c1-23(2)13-15-11-17(29-21(31)16(14-25)20-27-7-4-8-28-20)18(12-19(15)33-23)30-9-5-24(3,6-10-30)22(26)32/h4,7-8,11-12,14H,5-6,9-10,13,25H2,1-3H3,(H2,26,32)(H,29,31). The van der Waals surface area contributed by atoms with Crippen molar-refractivity contribution in [2.45, 2.75) is 45.6 Å². The minimum atomic E-state index is -0.533. The molecule has 1 saturated heterocycles. The third-order valence-electron chi connectivity index (χ3n) is 6.45. The van der Waals surface area contributed by atoms with Gasteiger partial charge in [0.1, 0.15) is 11.4 Å². The number of aromatic nitrogens is 2. The van der Waals surface area contributed by atoms with Crippen LogP contribution >= 0.6 is 0 Å². The number of rotatable bonds is 5. The summed E-state index contributed by atoms with van der Waals surface area (Å²) in [7, 11) is 0. The smallest absolute Gasteiger partial charge is 0.261 e. The number of nitrogens with two attached hydrogens (primary N) is 2. The Labute approximate surface area is 193 Å². The van der Waals surface area contributed by atoms with E-state index in [1.54, 1.807) is 18.5 Å². The van der Waals surface area contributed by atoms with Gasteiger partial charge >= 0.3 is 0 Å². The first kappa shape index (κ1) is 22.6. The average Bonchev–Trinajstić information content (AvgIpc) is 3.08. The van der Waals surface area contributed by atoms with Crippen molar-refractivity contribution in [3.63, 3.8) is 0 Å². The van der Waals surface area contributed by atoms with Crippen molar-refractivity contribution in [1.29, 1.82) is 0 Å². The lowest BCUT2D eigenvalue weighted by atomic mass is 9.79. The van der Waals surface area contributed by atoms with Gasteiger partial charge in [-0.25, -0.2) is 9.97 Å². The van der Waals surface area contributed by atoms with Gasteiger partial charge < -0.3 is 26.4 Å². The van der Waals surface area contributed by atoms with Crippen LogP contribution < -0.4 is 26.4 Å². The van der Waals surface area contributed by atoms with E-state index in [2.05, 4.69) is 20.2 Å². The van der Waals surface area contributed by atoms with Gasteiger partial charge in [-0.05, 0) is 38.8 Å². The Kier molecular flexibility index (Phi) is 5.73. The van der Waals surface area contributed by atoms with E-state index in [1.165, 1.54) is 6.20 Å². The molecular weight excluding hydrogens is 420 g/mol. The normalized spacial score (nSPS) is 18.9. The number of carbonyl (C=O) groups excluding carboxylic acids is 2. The number of piperidine rings is 1. The van der Waals surface area contributed by atoms with Crippen LogP contribution in [0.5, 0.6) is 5.75 Å². The van der Waals surface area contributed by atoms with Gasteiger partial charge in [0.25, 0.3) is 5.91 Å². The number of nitrogens with zero attached hydrogens (tertiary/aromatic N) is 3. The van der Waals surface area contributed by atoms with Gasteiger partial charge in [-0.15, -0.1) is 0 Å². The Bertz CT molecular complexity index is 1100. The van der Waals surface area contributed by atoms with Crippen LogP contribution in [0.25, 0.3) is 5.57 Å². The molecule has 9 heteroatoms. The highest BCUT2D eigenvalue weighted by Gasteiger charge is 2.37. The van der Waals surface area contributed by atoms with Crippen molar-refractivity contribution in [3.05, 3.63) is 48.2 Å². The summed E-state index contributed by atoms with van der Waals surface area (Å²) >= 11 is 0. The molecular formula is C24H30N6O3. The molecule has 0 aliphatic carbocycles. The fraction of sp³-hybridized carbons (Fsp3) is 0.417. The number of primary amides is 1. The van der Waals surface area contributed by atoms with Gasteiger partial charge in [-0.1, -0.05) is 6.92 Å². The fourth-order valence-corrected chi connectivity index (χ4v) is 4.37. The number of nitrogens with one attached hydrogen (secondary N) is 1. The summed E-state index contributed by atoms with van der Waals surface area (Å²) in [6, 6.07) is 5.60. The first-order valence-electron chi connectivity index (χ1n) is 11.0. The molecule has 2 aliphatic rings. The summed E-state index contributed by atoms with van der Waals surface area (Å²) in [6.07, 6.45) is 6.32. The van der Waals surface area contributed by atoms with Crippen LogP contribution in [0.15, 0.2) is 36.8 Å². The van der Waals surface area contributed by atoms with Gasteiger partial charge in [-0.3, -0.25) is 9.59 Å². The topological polar surface area (TPSA) is 136 Å². The highest BCUT2D eigenvalue weighted by molar-refractivity contribution is 6.24. The molecule has 5 N–H and O–H groups in total. The second kappa shape index (κ2) is 8.38. The Morgan fingerprint density at radius 1 is 1.15 bits per heavy atom. The monoisotopic (exact) mass is 450 g/mol. The number of carbonyl (C=O) groups is 2. The summed E-state index contributed by atoms with van der Waals surface area (Å²) in [5.41, 5.74) is 13.2. The number of benzene rings is 1. The van der Waals surface area contributed by atoms with Crippen LogP contribution in [0.2, 0.25) is 0 Å². The third kappa shape index (κ3) is 4.48. The van der Waals surface area contributed by atoms with Crippen LogP contribution in [-0.2, 0) is 16.0 Å². The summed E-state index contributed by atoms with van der Waals surface area (Å²) in [6.45, 7) is 7.23. The van der Waals surface area contributed by atoms with E-state index < -0.39 is 11.3 Å². The summed E-state index contributed by atoms with van der Waals surface area (Å²) in [5.74, 6) is 0.370. The van der Waals surface area contributed by atoms with E-state index in [0.29, 0.717) is 31.6 Å². The Balaban J connectivity index is 1.66. The number of fused-ring (bicyclic) bond motifs is 1. The van der Waals surface area contributed by atoms with Gasteiger partial charge in [0.15, 0.2) is 5.82 Å². The first-order chi connectivity index (χ1) is 15.6. The molecule has 0 bridgehead atoms. The number of hydrogen-bond acceptors (Lipinski definition) is 7. The molecule has 1 aromatic carbocycles. The molecule has 2 amide bonds. The zero-order valence-corrected chi connectivity index (χ0v) is 19.2. The summed E-state index contributed by atoms with van der Waals surface area (Å²) < 4.78 is 6.14. The molecule has 4 rings (SSSR count). The summed E-state index contributed by atoms with van der Waals surface area (Å²) in [5, 5.41) is 3.00. The second-order valence-corrected chi connectivity index (χ2v) is 9.53. The van der Waals surface area contributed by atoms with Crippen molar-refractivity contribution in [1.82, 2.24) is 9.97 Å². The summed E-state index contributed by atoms with van der Waals surface area (Å²) in [4.78, 5) is 35.5. The molecule has 0 spiro atoms. The van der Waals surface area contributed by atoms with Gasteiger partial charge in [-0.2, -0.15) is 0 Å². The fourth-order valence-electron chi connectivity index (χ4n) is 4.37. The molecule has 0 saturated carbocycles. The number of amides is 2. The molecule has 0 unspecified atom stereocenters. The van der Waals surface area contributed by atoms with Crippen LogP contribution in [0, 0.1) is 5.41 Å². The molecule has 1 aromatic heterocycles. The molecule has 174 valence electrons. The molecule has 1 fully saturated rings. The van der Waals surface area contributed by atoms with Crippen molar-refractivity contribution in [3.8, 4) is 5.75 Å². The molecule has 0 radical (unpaired) electrons.